The van der Waals surface area contributed by atoms with E-state index in [0.29, 0.717) is 0 Å². The summed E-state index contributed by atoms with van der Waals surface area (Å²) in [5.41, 5.74) is 10.6. The largest absolute Gasteiger partial charge is 0.398 e. The van der Waals surface area contributed by atoms with E-state index in [1.807, 2.05) is 12.1 Å². The van der Waals surface area contributed by atoms with Crippen molar-refractivity contribution in [3.8, 4) is 0 Å². The van der Waals surface area contributed by atoms with Crippen molar-refractivity contribution in [1.82, 2.24) is 4.90 Å². The lowest BCUT2D eigenvalue weighted by atomic mass is 10.1. The molecule has 0 aliphatic carbocycles. The van der Waals surface area contributed by atoms with Crippen LogP contribution in [0.4, 0.5) is 5.69 Å². The van der Waals surface area contributed by atoms with Gasteiger partial charge in [0.25, 0.3) is 0 Å². The van der Waals surface area contributed by atoms with Crippen molar-refractivity contribution < 1.29 is 0 Å². The topological polar surface area (TPSA) is 29.3 Å². The third-order valence-electron chi connectivity index (χ3n) is 3.21. The zero-order valence-electron chi connectivity index (χ0n) is 11.4. The Hall–Kier alpha value is -1.32. The number of benzene rings is 2. The molecule has 100 valence electrons. The Morgan fingerprint density at radius 3 is 2.53 bits per heavy atom. The van der Waals surface area contributed by atoms with E-state index >= 15 is 0 Å². The molecular weight excluding hydrogens is 300 g/mol. The average Bonchev–Trinajstić information content (AvgIpc) is 2.37. The minimum absolute atomic E-state index is 0.793. The molecule has 0 atom stereocenters. The molecule has 2 aromatic carbocycles. The van der Waals surface area contributed by atoms with Gasteiger partial charge in [0, 0.05) is 23.2 Å². The first kappa shape index (κ1) is 14.1. The number of anilines is 1. The standard InChI is InChI=1S/C16H19BrN2/c1-12-5-3-4-6-14(12)11-19(2)10-13-7-8-15(17)16(18)9-13/h3-9H,10-11,18H2,1-2H3. The minimum atomic E-state index is 0.793. The van der Waals surface area contributed by atoms with Gasteiger partial charge in [-0.05, 0) is 58.7 Å². The van der Waals surface area contributed by atoms with Crippen LogP contribution in [-0.4, -0.2) is 11.9 Å². The Morgan fingerprint density at radius 2 is 1.84 bits per heavy atom. The molecule has 3 heteroatoms. The van der Waals surface area contributed by atoms with Crippen LogP contribution in [-0.2, 0) is 13.1 Å². The van der Waals surface area contributed by atoms with Gasteiger partial charge in [-0.1, -0.05) is 30.3 Å². The normalized spacial score (nSPS) is 10.9. The lowest BCUT2D eigenvalue weighted by molar-refractivity contribution is 0.318. The van der Waals surface area contributed by atoms with E-state index in [1.165, 1.54) is 16.7 Å². The molecule has 19 heavy (non-hydrogen) atoms. The Kier molecular flexibility index (Phi) is 4.61. The van der Waals surface area contributed by atoms with Crippen molar-refractivity contribution in [2.75, 3.05) is 12.8 Å². The van der Waals surface area contributed by atoms with Gasteiger partial charge in [-0.15, -0.1) is 0 Å². The number of nitrogen functional groups attached to an aromatic ring is 1. The maximum absolute atomic E-state index is 5.91. The molecule has 0 aliphatic heterocycles. The number of aryl methyl sites for hydroxylation is 1. The molecule has 0 spiro atoms. The van der Waals surface area contributed by atoms with Gasteiger partial charge in [-0.3, -0.25) is 4.90 Å². The number of nitrogens with two attached hydrogens (primary N) is 1. The Labute approximate surface area is 123 Å². The second kappa shape index (κ2) is 6.22. The van der Waals surface area contributed by atoms with Gasteiger partial charge < -0.3 is 5.73 Å². The van der Waals surface area contributed by atoms with E-state index in [9.17, 15) is 0 Å². The van der Waals surface area contributed by atoms with Crippen LogP contribution in [0.15, 0.2) is 46.9 Å². The fourth-order valence-corrected chi connectivity index (χ4v) is 2.38. The molecule has 0 unspecified atom stereocenters. The van der Waals surface area contributed by atoms with Crippen LogP contribution in [0.25, 0.3) is 0 Å². The molecule has 0 fully saturated rings. The first-order chi connectivity index (χ1) is 9.06. The van der Waals surface area contributed by atoms with Crippen LogP contribution in [0.5, 0.6) is 0 Å². The minimum Gasteiger partial charge on any atom is -0.398 e. The number of rotatable bonds is 4. The van der Waals surface area contributed by atoms with E-state index in [0.717, 1.165) is 23.2 Å². The Bertz CT molecular complexity index is 566. The number of hydrogen-bond donors (Lipinski definition) is 1. The van der Waals surface area contributed by atoms with Gasteiger partial charge >= 0.3 is 0 Å². The molecule has 0 saturated heterocycles. The zero-order chi connectivity index (χ0) is 13.8. The van der Waals surface area contributed by atoms with Crippen molar-refractivity contribution >= 4 is 21.6 Å². The average molecular weight is 319 g/mol. The van der Waals surface area contributed by atoms with Crippen LogP contribution in [0.2, 0.25) is 0 Å². The smallest absolute Gasteiger partial charge is 0.0461 e. The quantitative estimate of drug-likeness (QED) is 0.864. The van der Waals surface area contributed by atoms with Gasteiger partial charge in [-0.2, -0.15) is 0 Å². The summed E-state index contributed by atoms with van der Waals surface area (Å²) < 4.78 is 0.956. The molecule has 2 rings (SSSR count). The molecule has 0 radical (unpaired) electrons. The van der Waals surface area contributed by atoms with E-state index in [2.05, 4.69) is 65.1 Å². The SMILES string of the molecule is Cc1ccccc1CN(C)Cc1ccc(Br)c(N)c1. The van der Waals surface area contributed by atoms with Gasteiger partial charge in [0.15, 0.2) is 0 Å². The van der Waals surface area contributed by atoms with E-state index < -0.39 is 0 Å². The summed E-state index contributed by atoms with van der Waals surface area (Å²) in [7, 11) is 2.13. The van der Waals surface area contributed by atoms with Gasteiger partial charge in [0.05, 0.1) is 0 Å². The fraction of sp³-hybridized carbons (Fsp3) is 0.250. The monoisotopic (exact) mass is 318 g/mol. The van der Waals surface area contributed by atoms with E-state index in [4.69, 9.17) is 5.73 Å². The van der Waals surface area contributed by atoms with Crippen LogP contribution >= 0.6 is 15.9 Å². The lowest BCUT2D eigenvalue weighted by Gasteiger charge is -2.18. The van der Waals surface area contributed by atoms with Crippen molar-refractivity contribution in [3.05, 3.63) is 63.6 Å². The highest BCUT2D eigenvalue weighted by Crippen LogP contribution is 2.21. The second-order valence-corrected chi connectivity index (χ2v) is 5.81. The summed E-state index contributed by atoms with van der Waals surface area (Å²) >= 11 is 3.42. The lowest BCUT2D eigenvalue weighted by Crippen LogP contribution is -2.17. The maximum Gasteiger partial charge on any atom is 0.0461 e. The van der Waals surface area contributed by atoms with Gasteiger partial charge in [0.2, 0.25) is 0 Å². The van der Waals surface area contributed by atoms with Crippen LogP contribution in [0.3, 0.4) is 0 Å². The summed E-state index contributed by atoms with van der Waals surface area (Å²) in [6.07, 6.45) is 0. The molecule has 2 N–H and O–H groups in total. The summed E-state index contributed by atoms with van der Waals surface area (Å²) in [6.45, 7) is 4.00. The molecule has 0 aliphatic rings. The van der Waals surface area contributed by atoms with Gasteiger partial charge in [-0.25, -0.2) is 0 Å². The number of nitrogens with zero attached hydrogens (tertiary/aromatic N) is 1. The highest BCUT2D eigenvalue weighted by molar-refractivity contribution is 9.10. The number of halogens is 1. The summed E-state index contributed by atoms with van der Waals surface area (Å²) in [5.74, 6) is 0. The number of hydrogen-bond acceptors (Lipinski definition) is 2. The van der Waals surface area contributed by atoms with Crippen LogP contribution in [0, 0.1) is 6.92 Å². The van der Waals surface area contributed by atoms with Crippen LogP contribution < -0.4 is 5.73 Å². The summed E-state index contributed by atoms with van der Waals surface area (Å²) in [4.78, 5) is 2.30. The third-order valence-corrected chi connectivity index (χ3v) is 3.94. The predicted octanol–water partition coefficient (Wildman–Crippen LogP) is 3.97. The van der Waals surface area contributed by atoms with Gasteiger partial charge in [0.1, 0.15) is 0 Å². The fourth-order valence-electron chi connectivity index (χ4n) is 2.14. The highest BCUT2D eigenvalue weighted by atomic mass is 79.9. The molecule has 0 bridgehead atoms. The molecule has 2 aromatic rings. The predicted molar refractivity (Wildman–Crippen MR) is 84.9 cm³/mol. The van der Waals surface area contributed by atoms with Crippen LogP contribution in [0.1, 0.15) is 16.7 Å². The first-order valence-electron chi connectivity index (χ1n) is 6.33. The third kappa shape index (κ3) is 3.82. The maximum atomic E-state index is 5.91. The first-order valence-corrected chi connectivity index (χ1v) is 7.12. The Balaban J connectivity index is 2.03. The molecular formula is C16H19BrN2. The molecule has 0 amide bonds. The Morgan fingerprint density at radius 1 is 1.11 bits per heavy atom. The van der Waals surface area contributed by atoms with Crippen molar-refractivity contribution in [2.45, 2.75) is 20.0 Å². The molecule has 0 aromatic heterocycles. The second-order valence-electron chi connectivity index (χ2n) is 4.95. The summed E-state index contributed by atoms with van der Waals surface area (Å²) in [6, 6.07) is 14.6. The summed E-state index contributed by atoms with van der Waals surface area (Å²) in [5, 5.41) is 0. The molecule has 0 heterocycles. The van der Waals surface area contributed by atoms with E-state index in [-0.39, 0.29) is 0 Å². The highest BCUT2D eigenvalue weighted by Gasteiger charge is 2.05. The van der Waals surface area contributed by atoms with E-state index in [1.54, 1.807) is 0 Å². The van der Waals surface area contributed by atoms with Crippen molar-refractivity contribution in [3.63, 3.8) is 0 Å². The van der Waals surface area contributed by atoms with Crippen molar-refractivity contribution in [1.29, 1.82) is 0 Å². The van der Waals surface area contributed by atoms with Crippen molar-refractivity contribution in [2.24, 2.45) is 0 Å². The molecule has 2 nitrogen and oxygen atoms in total. The molecule has 0 saturated carbocycles. The zero-order valence-corrected chi connectivity index (χ0v) is 12.9.